The van der Waals surface area contributed by atoms with Gasteiger partial charge in [-0.1, -0.05) is 34.1 Å². The molecule has 21 heavy (non-hydrogen) atoms. The molecule has 1 fully saturated rings. The molecule has 1 aliphatic carbocycles. The average Bonchev–Trinajstić information content (AvgIpc) is 3.02. The van der Waals surface area contributed by atoms with Crippen LogP contribution in [0.3, 0.4) is 0 Å². The SMILES string of the molecule is NC(=NCCc1cccs1)N[C@@H]1C[C@H]1c1ccc(Br)cc1. The third-order valence-corrected chi connectivity index (χ3v) is 5.11. The van der Waals surface area contributed by atoms with Crippen molar-refractivity contribution in [3.05, 3.63) is 56.7 Å². The summed E-state index contributed by atoms with van der Waals surface area (Å²) in [5.74, 6) is 1.13. The Hall–Kier alpha value is -1.33. The summed E-state index contributed by atoms with van der Waals surface area (Å²) in [6, 6.07) is 13.1. The molecule has 3 nitrogen and oxygen atoms in total. The van der Waals surface area contributed by atoms with E-state index in [1.165, 1.54) is 10.4 Å². The van der Waals surface area contributed by atoms with Crippen molar-refractivity contribution in [3.8, 4) is 0 Å². The zero-order valence-electron chi connectivity index (χ0n) is 11.6. The first-order chi connectivity index (χ1) is 10.2. The molecule has 1 aromatic heterocycles. The molecular formula is C16H18BrN3S. The quantitative estimate of drug-likeness (QED) is 0.630. The summed E-state index contributed by atoms with van der Waals surface area (Å²) in [5.41, 5.74) is 7.32. The van der Waals surface area contributed by atoms with E-state index in [4.69, 9.17) is 5.73 Å². The van der Waals surface area contributed by atoms with Crippen molar-refractivity contribution >= 4 is 33.2 Å². The van der Waals surface area contributed by atoms with Crippen molar-refractivity contribution < 1.29 is 0 Å². The third kappa shape index (κ3) is 4.08. The first-order valence-electron chi connectivity index (χ1n) is 7.06. The Balaban J connectivity index is 1.45. The molecular weight excluding hydrogens is 346 g/mol. The Bertz CT molecular complexity index is 607. The predicted molar refractivity (Wildman–Crippen MR) is 92.9 cm³/mol. The van der Waals surface area contributed by atoms with E-state index in [1.807, 2.05) is 0 Å². The highest BCUT2D eigenvalue weighted by molar-refractivity contribution is 9.10. The van der Waals surface area contributed by atoms with E-state index < -0.39 is 0 Å². The lowest BCUT2D eigenvalue weighted by Crippen LogP contribution is -2.34. The second kappa shape index (κ2) is 6.62. The average molecular weight is 364 g/mol. The minimum absolute atomic E-state index is 0.427. The van der Waals surface area contributed by atoms with Crippen molar-refractivity contribution in [1.29, 1.82) is 0 Å². The van der Waals surface area contributed by atoms with Crippen LogP contribution in [-0.4, -0.2) is 18.5 Å². The van der Waals surface area contributed by atoms with Crippen LogP contribution >= 0.6 is 27.3 Å². The second-order valence-corrected chi connectivity index (χ2v) is 7.19. The molecule has 0 unspecified atom stereocenters. The fraction of sp³-hybridized carbons (Fsp3) is 0.312. The number of nitrogens with zero attached hydrogens (tertiary/aromatic N) is 1. The minimum atomic E-state index is 0.427. The van der Waals surface area contributed by atoms with E-state index in [2.05, 4.69) is 68.0 Å². The molecule has 0 aliphatic heterocycles. The fourth-order valence-corrected chi connectivity index (χ4v) is 3.37. The summed E-state index contributed by atoms with van der Waals surface area (Å²) < 4.78 is 1.12. The van der Waals surface area contributed by atoms with Crippen molar-refractivity contribution in [1.82, 2.24) is 5.32 Å². The number of thiophene rings is 1. The van der Waals surface area contributed by atoms with Gasteiger partial charge in [0, 0.05) is 34.3 Å². The number of guanidine groups is 1. The van der Waals surface area contributed by atoms with Crippen LogP contribution in [0.4, 0.5) is 0 Å². The molecule has 0 spiro atoms. The smallest absolute Gasteiger partial charge is 0.188 e. The summed E-state index contributed by atoms with van der Waals surface area (Å²) in [6.45, 7) is 0.745. The van der Waals surface area contributed by atoms with Gasteiger partial charge in [0.15, 0.2) is 5.96 Å². The Morgan fingerprint density at radius 1 is 1.33 bits per heavy atom. The van der Waals surface area contributed by atoms with E-state index in [9.17, 15) is 0 Å². The third-order valence-electron chi connectivity index (χ3n) is 3.64. The van der Waals surface area contributed by atoms with Gasteiger partial charge in [-0.05, 0) is 35.6 Å². The molecule has 5 heteroatoms. The maximum Gasteiger partial charge on any atom is 0.188 e. The van der Waals surface area contributed by atoms with Gasteiger partial charge < -0.3 is 11.1 Å². The van der Waals surface area contributed by atoms with Gasteiger partial charge in [-0.25, -0.2) is 0 Å². The van der Waals surface area contributed by atoms with Crippen molar-refractivity contribution in [2.75, 3.05) is 6.54 Å². The number of nitrogens with two attached hydrogens (primary N) is 1. The van der Waals surface area contributed by atoms with E-state index in [0.29, 0.717) is 17.9 Å². The van der Waals surface area contributed by atoms with E-state index in [0.717, 1.165) is 23.9 Å². The highest BCUT2D eigenvalue weighted by Crippen LogP contribution is 2.40. The monoisotopic (exact) mass is 363 g/mol. The molecule has 110 valence electrons. The highest BCUT2D eigenvalue weighted by Gasteiger charge is 2.38. The Morgan fingerprint density at radius 2 is 2.14 bits per heavy atom. The van der Waals surface area contributed by atoms with E-state index >= 15 is 0 Å². The van der Waals surface area contributed by atoms with Crippen LogP contribution in [0, 0.1) is 0 Å². The van der Waals surface area contributed by atoms with Gasteiger partial charge in [0.1, 0.15) is 0 Å². The highest BCUT2D eigenvalue weighted by atomic mass is 79.9. The molecule has 1 saturated carbocycles. The summed E-state index contributed by atoms with van der Waals surface area (Å²) in [6.07, 6.45) is 2.09. The maximum atomic E-state index is 5.95. The fourth-order valence-electron chi connectivity index (χ4n) is 2.41. The summed E-state index contributed by atoms with van der Waals surface area (Å²) in [7, 11) is 0. The van der Waals surface area contributed by atoms with Crippen LogP contribution in [0.1, 0.15) is 22.8 Å². The first-order valence-corrected chi connectivity index (χ1v) is 8.74. The van der Waals surface area contributed by atoms with Gasteiger partial charge in [-0.2, -0.15) is 0 Å². The number of halogens is 1. The maximum absolute atomic E-state index is 5.95. The number of hydrogen-bond acceptors (Lipinski definition) is 2. The number of hydrogen-bond donors (Lipinski definition) is 2. The van der Waals surface area contributed by atoms with Gasteiger partial charge in [-0.3, -0.25) is 4.99 Å². The summed E-state index contributed by atoms with van der Waals surface area (Å²) >= 11 is 5.23. The lowest BCUT2D eigenvalue weighted by molar-refractivity contribution is 0.844. The molecule has 2 atom stereocenters. The molecule has 1 aliphatic rings. The van der Waals surface area contributed by atoms with Crippen molar-refractivity contribution in [2.45, 2.75) is 24.8 Å². The van der Waals surface area contributed by atoms with Crippen LogP contribution in [0.25, 0.3) is 0 Å². The predicted octanol–water partition coefficient (Wildman–Crippen LogP) is 3.51. The van der Waals surface area contributed by atoms with Crippen LogP contribution in [0.2, 0.25) is 0 Å². The van der Waals surface area contributed by atoms with Gasteiger partial charge in [0.25, 0.3) is 0 Å². The molecule has 0 amide bonds. The van der Waals surface area contributed by atoms with Gasteiger partial charge in [-0.15, -0.1) is 11.3 Å². The van der Waals surface area contributed by atoms with Crippen LogP contribution in [0.15, 0.2) is 51.2 Å². The number of nitrogens with one attached hydrogen (secondary N) is 1. The van der Waals surface area contributed by atoms with Gasteiger partial charge in [0.05, 0.1) is 0 Å². The van der Waals surface area contributed by atoms with Crippen molar-refractivity contribution in [2.24, 2.45) is 10.7 Å². The number of benzene rings is 1. The number of rotatable bonds is 5. The first kappa shape index (κ1) is 14.6. The van der Waals surface area contributed by atoms with Gasteiger partial charge >= 0.3 is 0 Å². The molecule has 1 aromatic carbocycles. The normalized spacial score (nSPS) is 21.3. The van der Waals surface area contributed by atoms with Crippen molar-refractivity contribution in [3.63, 3.8) is 0 Å². The van der Waals surface area contributed by atoms with E-state index in [1.54, 1.807) is 11.3 Å². The molecule has 2 aromatic rings. The second-order valence-electron chi connectivity index (χ2n) is 5.24. The lowest BCUT2D eigenvalue weighted by Gasteiger charge is -2.05. The molecule has 0 radical (unpaired) electrons. The summed E-state index contributed by atoms with van der Waals surface area (Å²) in [5, 5.41) is 5.41. The van der Waals surface area contributed by atoms with Crippen LogP contribution < -0.4 is 11.1 Å². The Kier molecular flexibility index (Phi) is 4.60. The molecule has 3 N–H and O–H groups in total. The zero-order chi connectivity index (χ0) is 14.7. The van der Waals surface area contributed by atoms with Crippen LogP contribution in [0.5, 0.6) is 0 Å². The Labute approximate surface area is 137 Å². The molecule has 1 heterocycles. The van der Waals surface area contributed by atoms with E-state index in [-0.39, 0.29) is 0 Å². The zero-order valence-corrected chi connectivity index (χ0v) is 14.0. The topological polar surface area (TPSA) is 50.4 Å². The minimum Gasteiger partial charge on any atom is -0.370 e. The van der Waals surface area contributed by atoms with Crippen LogP contribution in [-0.2, 0) is 6.42 Å². The lowest BCUT2D eigenvalue weighted by atomic mass is 10.1. The standard InChI is InChI=1S/C16H18BrN3S/c17-12-5-3-11(4-6-12)14-10-15(14)20-16(18)19-8-7-13-2-1-9-21-13/h1-6,9,14-15H,7-8,10H2,(H3,18,19,20)/t14-,15+/m0/s1. The number of aliphatic imine (C=N–C) groups is 1. The molecule has 0 saturated heterocycles. The Morgan fingerprint density at radius 3 is 2.86 bits per heavy atom. The molecule has 0 bridgehead atoms. The summed E-state index contributed by atoms with van der Waals surface area (Å²) in [4.78, 5) is 5.76. The largest absolute Gasteiger partial charge is 0.370 e. The molecule has 3 rings (SSSR count). The van der Waals surface area contributed by atoms with Gasteiger partial charge in [0.2, 0.25) is 0 Å².